The van der Waals surface area contributed by atoms with Gasteiger partial charge < -0.3 is 9.05 Å². The average molecular weight is 136 g/mol. The fraction of sp³-hybridized carbons (Fsp3) is 0.500. The molecule has 0 aliphatic rings. The third-order valence-electron chi connectivity index (χ3n) is 0.467. The fourth-order valence-electron chi connectivity index (χ4n) is 0.172. The maximum absolute atomic E-state index is 10.3. The van der Waals surface area contributed by atoms with Gasteiger partial charge in [0.25, 0.3) is 0 Å². The van der Waals surface area contributed by atoms with E-state index in [0.717, 1.165) is 0 Å². The second-order valence-corrected chi connectivity index (χ2v) is 2.19. The van der Waals surface area contributed by atoms with Gasteiger partial charge >= 0.3 is 8.25 Å². The zero-order chi connectivity index (χ0) is 6.41. The number of hydrogen-bond acceptors (Lipinski definition) is 3. The van der Waals surface area contributed by atoms with Gasteiger partial charge in [0.1, 0.15) is 0 Å². The maximum atomic E-state index is 10.3. The van der Waals surface area contributed by atoms with E-state index < -0.39 is 8.25 Å². The molecule has 0 aromatic heterocycles. The summed E-state index contributed by atoms with van der Waals surface area (Å²) in [5, 5.41) is 0. The zero-order valence-electron chi connectivity index (χ0n) is 4.88. The number of hydrogen-bond donors (Lipinski definition) is 0. The fourth-order valence-corrected chi connectivity index (χ4v) is 0.515. The van der Waals surface area contributed by atoms with Gasteiger partial charge in [-0.25, -0.2) is 4.57 Å². The van der Waals surface area contributed by atoms with Crippen molar-refractivity contribution in [2.24, 2.45) is 0 Å². The van der Waals surface area contributed by atoms with E-state index in [2.05, 4.69) is 9.05 Å². The third-order valence-corrected chi connectivity index (χ3v) is 1.13. The lowest BCUT2D eigenvalue weighted by atomic mass is 10.8. The molecule has 0 aromatic rings. The van der Waals surface area contributed by atoms with Gasteiger partial charge in [0.15, 0.2) is 0 Å². The van der Waals surface area contributed by atoms with Crippen LogP contribution >= 0.6 is 8.25 Å². The summed E-state index contributed by atoms with van der Waals surface area (Å²) in [6.45, 7) is 1.77. The molecule has 0 saturated carbocycles. The average Bonchev–Trinajstić information content (AvgIpc) is 1.83. The summed E-state index contributed by atoms with van der Waals surface area (Å²) in [4.78, 5) is 0. The van der Waals surface area contributed by atoms with E-state index in [9.17, 15) is 4.57 Å². The minimum atomic E-state index is -2.23. The molecule has 0 bridgehead atoms. The first-order valence-corrected chi connectivity index (χ1v) is 3.39. The topological polar surface area (TPSA) is 35.5 Å². The first-order valence-electron chi connectivity index (χ1n) is 2.17. The van der Waals surface area contributed by atoms with Crippen molar-refractivity contribution in [3.05, 3.63) is 12.3 Å². The standard InChI is InChI=1S/C4H9O3P/c1-3-4-7-8(5)6-2/h3-4,8H,1-2H3. The maximum Gasteiger partial charge on any atom is 0.366 e. The van der Waals surface area contributed by atoms with E-state index in [1.165, 1.54) is 13.4 Å². The second-order valence-electron chi connectivity index (χ2n) is 1.04. The molecule has 0 radical (unpaired) electrons. The van der Waals surface area contributed by atoms with Crippen LogP contribution in [0.5, 0.6) is 0 Å². The summed E-state index contributed by atoms with van der Waals surface area (Å²) in [6.07, 6.45) is 2.98. The highest BCUT2D eigenvalue weighted by atomic mass is 31.1. The Morgan fingerprint density at radius 3 is 2.62 bits per heavy atom. The van der Waals surface area contributed by atoms with Gasteiger partial charge in [-0.1, -0.05) is 6.08 Å². The summed E-state index contributed by atoms with van der Waals surface area (Å²) < 4.78 is 19.1. The summed E-state index contributed by atoms with van der Waals surface area (Å²) in [7, 11) is -0.890. The Bertz CT molecular complexity index is 99.5. The summed E-state index contributed by atoms with van der Waals surface area (Å²) in [5.41, 5.74) is 0. The summed E-state index contributed by atoms with van der Waals surface area (Å²) in [5.74, 6) is 0. The quantitative estimate of drug-likeness (QED) is 0.436. The van der Waals surface area contributed by atoms with Gasteiger partial charge in [0, 0.05) is 7.11 Å². The van der Waals surface area contributed by atoms with Crippen LogP contribution in [0.3, 0.4) is 0 Å². The first-order chi connectivity index (χ1) is 3.81. The van der Waals surface area contributed by atoms with Crippen molar-refractivity contribution >= 4 is 8.25 Å². The third kappa shape index (κ3) is 3.90. The minimum absolute atomic E-state index is 1.34. The van der Waals surface area contributed by atoms with Crippen LogP contribution in [0.25, 0.3) is 0 Å². The zero-order valence-corrected chi connectivity index (χ0v) is 5.88. The van der Waals surface area contributed by atoms with Crippen molar-refractivity contribution in [1.82, 2.24) is 0 Å². The van der Waals surface area contributed by atoms with Crippen molar-refractivity contribution in [2.45, 2.75) is 6.92 Å². The normalized spacial score (nSPS) is 14.2. The number of rotatable bonds is 3. The molecule has 0 fully saturated rings. The van der Waals surface area contributed by atoms with E-state index in [1.54, 1.807) is 13.0 Å². The highest BCUT2D eigenvalue weighted by molar-refractivity contribution is 7.33. The van der Waals surface area contributed by atoms with Gasteiger partial charge in [-0.15, -0.1) is 0 Å². The molecule has 0 amide bonds. The van der Waals surface area contributed by atoms with E-state index in [4.69, 9.17) is 0 Å². The van der Waals surface area contributed by atoms with Crippen molar-refractivity contribution in [2.75, 3.05) is 7.11 Å². The van der Waals surface area contributed by atoms with Crippen molar-refractivity contribution < 1.29 is 13.6 Å². The van der Waals surface area contributed by atoms with E-state index in [0.29, 0.717) is 0 Å². The van der Waals surface area contributed by atoms with Crippen LogP contribution in [-0.2, 0) is 13.6 Å². The first kappa shape index (κ1) is 7.73. The molecule has 0 aliphatic heterocycles. The van der Waals surface area contributed by atoms with Crippen LogP contribution in [0.15, 0.2) is 12.3 Å². The minimum Gasteiger partial charge on any atom is -0.435 e. The SMILES string of the molecule is CC=CO[PH](=O)OC. The Morgan fingerprint density at radius 2 is 2.25 bits per heavy atom. The Labute approximate surface area is 49.2 Å². The van der Waals surface area contributed by atoms with Gasteiger partial charge in [0.05, 0.1) is 6.26 Å². The molecule has 0 aromatic carbocycles. The van der Waals surface area contributed by atoms with Crippen LogP contribution in [0, 0.1) is 0 Å². The molecule has 0 saturated heterocycles. The van der Waals surface area contributed by atoms with Gasteiger partial charge in [-0.2, -0.15) is 0 Å². The molecule has 0 aliphatic carbocycles. The lowest BCUT2D eigenvalue weighted by molar-refractivity contribution is 0.326. The van der Waals surface area contributed by atoms with Crippen molar-refractivity contribution in [3.8, 4) is 0 Å². The molecule has 0 N–H and O–H groups in total. The molecular weight excluding hydrogens is 127 g/mol. The predicted octanol–water partition coefficient (Wildman–Crippen LogP) is 1.57. The van der Waals surface area contributed by atoms with Crippen LogP contribution in [-0.4, -0.2) is 7.11 Å². The molecule has 48 valence electrons. The molecule has 0 rings (SSSR count). The number of allylic oxidation sites excluding steroid dienone is 1. The van der Waals surface area contributed by atoms with Gasteiger partial charge in [0.2, 0.25) is 0 Å². The second kappa shape index (κ2) is 4.88. The lowest BCUT2D eigenvalue weighted by Crippen LogP contribution is -1.67. The molecule has 3 nitrogen and oxygen atoms in total. The molecule has 1 atom stereocenters. The smallest absolute Gasteiger partial charge is 0.366 e. The van der Waals surface area contributed by atoms with Crippen LogP contribution in [0.1, 0.15) is 6.92 Å². The van der Waals surface area contributed by atoms with Crippen molar-refractivity contribution in [1.29, 1.82) is 0 Å². The van der Waals surface area contributed by atoms with Gasteiger partial charge in [-0.3, -0.25) is 0 Å². The molecule has 4 heteroatoms. The molecule has 0 spiro atoms. The van der Waals surface area contributed by atoms with E-state index in [1.807, 2.05) is 0 Å². The van der Waals surface area contributed by atoms with Crippen molar-refractivity contribution in [3.63, 3.8) is 0 Å². The Morgan fingerprint density at radius 1 is 1.62 bits per heavy atom. The van der Waals surface area contributed by atoms with E-state index >= 15 is 0 Å². The monoisotopic (exact) mass is 136 g/mol. The molecule has 1 unspecified atom stereocenters. The highest BCUT2D eigenvalue weighted by Crippen LogP contribution is 2.21. The summed E-state index contributed by atoms with van der Waals surface area (Å²) >= 11 is 0. The Hall–Kier alpha value is -0.270. The van der Waals surface area contributed by atoms with E-state index in [-0.39, 0.29) is 0 Å². The molecular formula is C4H9O3P. The van der Waals surface area contributed by atoms with Gasteiger partial charge in [-0.05, 0) is 6.92 Å². The lowest BCUT2D eigenvalue weighted by Gasteiger charge is -1.93. The van der Waals surface area contributed by atoms with Crippen LogP contribution < -0.4 is 0 Å². The van der Waals surface area contributed by atoms with Crippen LogP contribution in [0.2, 0.25) is 0 Å². The largest absolute Gasteiger partial charge is 0.435 e. The predicted molar refractivity (Wildman–Crippen MR) is 31.9 cm³/mol. The van der Waals surface area contributed by atoms with Crippen LogP contribution in [0.4, 0.5) is 0 Å². The summed E-state index contributed by atoms with van der Waals surface area (Å²) in [6, 6.07) is 0. The molecule has 0 heterocycles. The highest BCUT2D eigenvalue weighted by Gasteiger charge is 1.86. The Kier molecular flexibility index (Phi) is 4.71. The molecule has 8 heavy (non-hydrogen) atoms. The Balaban J connectivity index is 3.25.